The lowest BCUT2D eigenvalue weighted by Crippen LogP contribution is -2.36. The van der Waals surface area contributed by atoms with Crippen molar-refractivity contribution in [1.29, 1.82) is 0 Å². The van der Waals surface area contributed by atoms with E-state index in [1.165, 1.54) is 0 Å². The van der Waals surface area contributed by atoms with Crippen molar-refractivity contribution in [2.24, 2.45) is 0 Å². The maximum Gasteiger partial charge on any atom is 0.334 e. The summed E-state index contributed by atoms with van der Waals surface area (Å²) in [7, 11) is 0. The number of halogens is 2. The average molecular weight is 367 g/mol. The highest BCUT2D eigenvalue weighted by atomic mass is 79.9. The fourth-order valence-corrected chi connectivity index (χ4v) is 2.36. The third-order valence-electron chi connectivity index (χ3n) is 1.87. The van der Waals surface area contributed by atoms with Crippen LogP contribution in [0, 0.1) is 0 Å². The summed E-state index contributed by atoms with van der Waals surface area (Å²) in [6.07, 6.45) is -1.60. The van der Waals surface area contributed by atoms with Crippen LogP contribution in [0.5, 0.6) is 0 Å². The lowest BCUT2D eigenvalue weighted by atomic mass is 10.2. The van der Waals surface area contributed by atoms with Crippen LogP contribution >= 0.6 is 31.9 Å². The number of benzene rings is 1. The molecule has 1 atom stereocenters. The second-order valence-electron chi connectivity index (χ2n) is 3.22. The van der Waals surface area contributed by atoms with Crippen molar-refractivity contribution in [2.75, 3.05) is 6.54 Å². The number of hydrogen-bond donors (Lipinski definition) is 3. The summed E-state index contributed by atoms with van der Waals surface area (Å²) in [5, 5.41) is 19.8. The zero-order chi connectivity index (χ0) is 13.0. The molecule has 0 radical (unpaired) electrons. The minimum Gasteiger partial charge on any atom is -0.479 e. The second kappa shape index (κ2) is 6.13. The lowest BCUT2D eigenvalue weighted by Gasteiger charge is -2.08. The summed E-state index contributed by atoms with van der Waals surface area (Å²) >= 11 is 6.46. The fourth-order valence-electron chi connectivity index (χ4n) is 1.06. The molecule has 1 rings (SSSR count). The van der Waals surface area contributed by atoms with Crippen LogP contribution in [0.2, 0.25) is 0 Å². The highest BCUT2D eigenvalue weighted by Gasteiger charge is 2.15. The van der Waals surface area contributed by atoms with E-state index >= 15 is 0 Å². The van der Waals surface area contributed by atoms with E-state index in [0.29, 0.717) is 5.56 Å². The zero-order valence-electron chi connectivity index (χ0n) is 8.48. The van der Waals surface area contributed by atoms with Crippen molar-refractivity contribution < 1.29 is 19.8 Å². The van der Waals surface area contributed by atoms with Crippen molar-refractivity contribution in [3.05, 3.63) is 32.7 Å². The SMILES string of the molecule is O=C(NCC(O)C(=O)O)c1cc(Br)cc(Br)c1. The molecule has 0 aliphatic rings. The Morgan fingerprint density at radius 3 is 2.24 bits per heavy atom. The van der Waals surface area contributed by atoms with Gasteiger partial charge in [0.05, 0.1) is 6.54 Å². The van der Waals surface area contributed by atoms with Gasteiger partial charge in [-0.25, -0.2) is 4.79 Å². The molecule has 1 aromatic carbocycles. The Labute approximate surface area is 114 Å². The van der Waals surface area contributed by atoms with Gasteiger partial charge < -0.3 is 15.5 Å². The van der Waals surface area contributed by atoms with Gasteiger partial charge in [0.15, 0.2) is 6.10 Å². The maximum atomic E-state index is 11.6. The first kappa shape index (κ1) is 14.1. The Hall–Kier alpha value is -0.920. The topological polar surface area (TPSA) is 86.6 Å². The standard InChI is InChI=1S/C10H9Br2NO4/c11-6-1-5(2-7(12)3-6)9(15)13-4-8(14)10(16)17/h1-3,8,14H,4H2,(H,13,15)(H,16,17). The third kappa shape index (κ3) is 4.45. The molecule has 1 aromatic rings. The molecule has 17 heavy (non-hydrogen) atoms. The van der Waals surface area contributed by atoms with Gasteiger partial charge >= 0.3 is 5.97 Å². The zero-order valence-corrected chi connectivity index (χ0v) is 11.7. The normalized spacial score (nSPS) is 11.9. The lowest BCUT2D eigenvalue weighted by molar-refractivity contribution is -0.146. The Bertz CT molecular complexity index is 430. The minimum absolute atomic E-state index is 0.335. The van der Waals surface area contributed by atoms with Gasteiger partial charge in [-0.3, -0.25) is 4.79 Å². The first-order chi connectivity index (χ1) is 7.90. The summed E-state index contributed by atoms with van der Waals surface area (Å²) in [6, 6.07) is 4.95. The number of carboxylic acids is 1. The van der Waals surface area contributed by atoms with Crippen molar-refractivity contribution in [2.45, 2.75) is 6.10 Å². The second-order valence-corrected chi connectivity index (χ2v) is 5.05. The first-order valence-electron chi connectivity index (χ1n) is 4.55. The molecule has 0 saturated carbocycles. The Morgan fingerprint density at radius 2 is 1.76 bits per heavy atom. The number of hydrogen-bond acceptors (Lipinski definition) is 3. The van der Waals surface area contributed by atoms with E-state index in [4.69, 9.17) is 10.2 Å². The predicted octanol–water partition coefficient (Wildman–Crippen LogP) is 1.39. The first-order valence-corrected chi connectivity index (χ1v) is 6.14. The highest BCUT2D eigenvalue weighted by Crippen LogP contribution is 2.19. The largest absolute Gasteiger partial charge is 0.479 e. The van der Waals surface area contributed by atoms with Crippen LogP contribution in [-0.4, -0.2) is 34.7 Å². The van der Waals surface area contributed by atoms with E-state index in [1.54, 1.807) is 18.2 Å². The van der Waals surface area contributed by atoms with Gasteiger partial charge in [-0.1, -0.05) is 31.9 Å². The molecule has 1 amide bonds. The molecule has 0 spiro atoms. The van der Waals surface area contributed by atoms with E-state index in [9.17, 15) is 9.59 Å². The Balaban J connectivity index is 2.67. The van der Waals surface area contributed by atoms with Gasteiger partial charge in [0, 0.05) is 14.5 Å². The van der Waals surface area contributed by atoms with Crippen molar-refractivity contribution in [1.82, 2.24) is 5.32 Å². The van der Waals surface area contributed by atoms with Crippen LogP contribution in [-0.2, 0) is 4.79 Å². The number of carboxylic acid groups (broad SMARTS) is 1. The van der Waals surface area contributed by atoms with E-state index in [-0.39, 0.29) is 6.54 Å². The van der Waals surface area contributed by atoms with Crippen molar-refractivity contribution in [3.63, 3.8) is 0 Å². The van der Waals surface area contributed by atoms with Gasteiger partial charge in [-0.05, 0) is 18.2 Å². The maximum absolute atomic E-state index is 11.6. The number of amides is 1. The summed E-state index contributed by atoms with van der Waals surface area (Å²) in [5.74, 6) is -1.83. The highest BCUT2D eigenvalue weighted by molar-refractivity contribution is 9.11. The molecule has 5 nitrogen and oxygen atoms in total. The van der Waals surface area contributed by atoms with Crippen molar-refractivity contribution in [3.8, 4) is 0 Å². The molecule has 7 heteroatoms. The average Bonchev–Trinajstić information content (AvgIpc) is 2.23. The summed E-state index contributed by atoms with van der Waals surface area (Å²) < 4.78 is 1.44. The van der Waals surface area contributed by atoms with Gasteiger partial charge in [0.1, 0.15) is 0 Å². The number of carbonyl (C=O) groups is 2. The molecule has 0 bridgehead atoms. The van der Waals surface area contributed by atoms with Crippen LogP contribution in [0.4, 0.5) is 0 Å². The summed E-state index contributed by atoms with van der Waals surface area (Å²) in [4.78, 5) is 22.0. The number of rotatable bonds is 4. The molecule has 0 fully saturated rings. The van der Waals surface area contributed by atoms with Gasteiger partial charge in [0.2, 0.25) is 0 Å². The van der Waals surface area contributed by atoms with E-state index in [0.717, 1.165) is 8.95 Å². The Kier molecular flexibility index (Phi) is 5.10. The number of carbonyl (C=O) groups excluding carboxylic acids is 1. The summed E-state index contributed by atoms with van der Waals surface area (Å²) in [5.41, 5.74) is 0.365. The van der Waals surface area contributed by atoms with Gasteiger partial charge in [-0.2, -0.15) is 0 Å². The quantitative estimate of drug-likeness (QED) is 0.751. The molecule has 0 aliphatic carbocycles. The van der Waals surface area contributed by atoms with Crippen LogP contribution in [0.15, 0.2) is 27.1 Å². The van der Waals surface area contributed by atoms with Crippen LogP contribution in [0.1, 0.15) is 10.4 Å². The smallest absolute Gasteiger partial charge is 0.334 e. The number of nitrogens with one attached hydrogen (secondary N) is 1. The van der Waals surface area contributed by atoms with Crippen molar-refractivity contribution >= 4 is 43.7 Å². The predicted molar refractivity (Wildman–Crippen MR) is 67.8 cm³/mol. The van der Waals surface area contributed by atoms with Gasteiger partial charge in [-0.15, -0.1) is 0 Å². The van der Waals surface area contributed by atoms with E-state index in [2.05, 4.69) is 37.2 Å². The Morgan fingerprint density at radius 1 is 1.24 bits per heavy atom. The monoisotopic (exact) mass is 365 g/mol. The molecule has 0 heterocycles. The van der Waals surface area contributed by atoms with E-state index < -0.39 is 18.0 Å². The summed E-state index contributed by atoms with van der Waals surface area (Å²) in [6.45, 7) is -0.335. The molecular weight excluding hydrogens is 358 g/mol. The molecule has 1 unspecified atom stereocenters. The molecular formula is C10H9Br2NO4. The molecule has 0 aromatic heterocycles. The molecule has 3 N–H and O–H groups in total. The molecule has 0 saturated heterocycles. The molecule has 92 valence electrons. The third-order valence-corrected chi connectivity index (χ3v) is 2.78. The number of aliphatic hydroxyl groups is 1. The number of aliphatic hydroxyl groups excluding tert-OH is 1. The fraction of sp³-hybridized carbons (Fsp3) is 0.200. The van der Waals surface area contributed by atoms with E-state index in [1.807, 2.05) is 0 Å². The van der Waals surface area contributed by atoms with Crippen LogP contribution in [0.3, 0.4) is 0 Å². The van der Waals surface area contributed by atoms with Gasteiger partial charge in [0.25, 0.3) is 5.91 Å². The van der Waals surface area contributed by atoms with Crippen LogP contribution in [0.25, 0.3) is 0 Å². The number of aliphatic carboxylic acids is 1. The van der Waals surface area contributed by atoms with Crippen LogP contribution < -0.4 is 5.32 Å². The molecule has 0 aliphatic heterocycles. The minimum atomic E-state index is -1.60.